The lowest BCUT2D eigenvalue weighted by Crippen LogP contribution is -2.58. The van der Waals surface area contributed by atoms with Gasteiger partial charge < -0.3 is 20.2 Å². The molecule has 1 aliphatic rings. The first-order chi connectivity index (χ1) is 22.3. The largest absolute Gasteiger partial charge is 0.508 e. The monoisotopic (exact) mass is 625 g/mol. The molecule has 0 aromatic heterocycles. The highest BCUT2D eigenvalue weighted by Gasteiger charge is 2.45. The Hall–Kier alpha value is -4.96. The van der Waals surface area contributed by atoms with Gasteiger partial charge in [0, 0.05) is 25.7 Å². The third-order valence-corrected chi connectivity index (χ3v) is 8.33. The number of hydrogen-bond acceptors (Lipinski definition) is 5. The van der Waals surface area contributed by atoms with Gasteiger partial charge in [0.05, 0.1) is 13.1 Å². The molecule has 4 amide bonds. The molecule has 0 radical (unpaired) electrons. The summed E-state index contributed by atoms with van der Waals surface area (Å²) in [5.74, 6) is -0.347. The van der Waals surface area contributed by atoms with E-state index < -0.39 is 6.17 Å². The van der Waals surface area contributed by atoms with Gasteiger partial charge >= 0.3 is 6.03 Å². The van der Waals surface area contributed by atoms with Gasteiger partial charge in [-0.15, -0.1) is 0 Å². The molecular formula is C36H40FN5O4. The second-order valence-corrected chi connectivity index (χ2v) is 11.7. The highest BCUT2D eigenvalue weighted by molar-refractivity contribution is 5.86. The summed E-state index contributed by atoms with van der Waals surface area (Å²) in [4.78, 5) is 43.4. The smallest absolute Gasteiger partial charge is 0.332 e. The highest BCUT2D eigenvalue weighted by atomic mass is 19.1. The lowest BCUT2D eigenvalue weighted by molar-refractivity contribution is -0.132. The van der Waals surface area contributed by atoms with Gasteiger partial charge in [-0.25, -0.2) is 9.18 Å². The number of hydrogen-bond donors (Lipinski definition) is 2. The van der Waals surface area contributed by atoms with E-state index in [2.05, 4.69) is 5.32 Å². The average molecular weight is 626 g/mol. The quantitative estimate of drug-likeness (QED) is 0.197. The lowest BCUT2D eigenvalue weighted by Gasteiger charge is -2.40. The van der Waals surface area contributed by atoms with Crippen LogP contribution in [-0.4, -0.2) is 75.1 Å². The fourth-order valence-corrected chi connectivity index (χ4v) is 6.11. The number of fused-ring (bicyclic) bond motifs is 1. The third kappa shape index (κ3) is 7.63. The number of carbonyl (C=O) groups is 3. The number of halogens is 1. The molecule has 0 saturated carbocycles. The van der Waals surface area contributed by atoms with Crippen molar-refractivity contribution in [2.75, 3.05) is 19.6 Å². The van der Waals surface area contributed by atoms with Gasteiger partial charge in [-0.2, -0.15) is 5.01 Å². The van der Waals surface area contributed by atoms with Crippen LogP contribution in [0, 0.1) is 5.82 Å². The Morgan fingerprint density at radius 1 is 1.02 bits per heavy atom. The molecule has 1 saturated heterocycles. The topological polar surface area (TPSA) is 96.4 Å². The zero-order valence-corrected chi connectivity index (χ0v) is 26.2. The van der Waals surface area contributed by atoms with Crippen LogP contribution in [0.25, 0.3) is 10.8 Å². The summed E-state index contributed by atoms with van der Waals surface area (Å²) in [5, 5.41) is 18.1. The van der Waals surface area contributed by atoms with E-state index in [-0.39, 0.29) is 49.2 Å². The second kappa shape index (κ2) is 14.9. The van der Waals surface area contributed by atoms with E-state index in [1.807, 2.05) is 68.4 Å². The molecule has 46 heavy (non-hydrogen) atoms. The average Bonchev–Trinajstić information content (AvgIpc) is 3.38. The molecule has 2 atom stereocenters. The normalized spacial score (nSPS) is 15.6. The van der Waals surface area contributed by atoms with Crippen LogP contribution in [0.4, 0.5) is 9.18 Å². The number of carbonyl (C=O) groups excluding carboxylic acids is 3. The van der Waals surface area contributed by atoms with Crippen molar-refractivity contribution >= 4 is 29.1 Å². The van der Waals surface area contributed by atoms with Crippen molar-refractivity contribution in [1.82, 2.24) is 25.1 Å². The summed E-state index contributed by atoms with van der Waals surface area (Å²) in [6, 6.07) is 26.1. The fraction of sp³-hybridized carbons (Fsp3) is 0.306. The molecule has 0 aliphatic carbocycles. The highest BCUT2D eigenvalue weighted by Crippen LogP contribution is 2.26. The molecular weight excluding hydrogens is 585 g/mol. The zero-order valence-electron chi connectivity index (χ0n) is 26.2. The standard InChI is InChI=1S/C36H40FN5O4/c1-3-19-40(36(46)38-21-28-11-15-31(37)16-12-28)41-24-35(45)42(26(2)20-27-13-17-32(44)18-14-27)34(41)23-39(25-43)22-30-9-6-8-29-7-4-5-10-33(29)30/h4-18,25-26,34,44H,3,19-24H2,1-2H3,(H,38,46)/t26-,34-/m1/s1. The number of phenolic OH excluding ortho intramolecular Hbond substituents is 1. The Kier molecular flexibility index (Phi) is 10.5. The second-order valence-electron chi connectivity index (χ2n) is 11.7. The molecule has 4 aromatic rings. The molecule has 10 heteroatoms. The van der Waals surface area contributed by atoms with Gasteiger partial charge in [0.1, 0.15) is 17.7 Å². The van der Waals surface area contributed by atoms with Gasteiger partial charge in [0.2, 0.25) is 12.3 Å². The lowest BCUT2D eigenvalue weighted by atomic mass is 10.0. The maximum Gasteiger partial charge on any atom is 0.332 e. The van der Waals surface area contributed by atoms with Crippen molar-refractivity contribution in [3.05, 3.63) is 114 Å². The van der Waals surface area contributed by atoms with Crippen LogP contribution in [0.5, 0.6) is 5.75 Å². The van der Waals surface area contributed by atoms with Crippen LogP contribution in [0.3, 0.4) is 0 Å². The van der Waals surface area contributed by atoms with Crippen LogP contribution in [0.15, 0.2) is 91.0 Å². The van der Waals surface area contributed by atoms with Crippen molar-refractivity contribution in [3.8, 4) is 5.75 Å². The van der Waals surface area contributed by atoms with Crippen molar-refractivity contribution in [3.63, 3.8) is 0 Å². The van der Waals surface area contributed by atoms with E-state index in [0.717, 1.165) is 33.9 Å². The Morgan fingerprint density at radius 2 is 1.72 bits per heavy atom. The number of aromatic hydroxyl groups is 1. The van der Waals surface area contributed by atoms with Gasteiger partial charge in [-0.05, 0) is 71.5 Å². The maximum atomic E-state index is 13.8. The summed E-state index contributed by atoms with van der Waals surface area (Å²) in [6.45, 7) is 4.91. The molecule has 1 fully saturated rings. The molecule has 240 valence electrons. The first-order valence-electron chi connectivity index (χ1n) is 15.6. The van der Waals surface area contributed by atoms with Crippen LogP contribution in [0.2, 0.25) is 0 Å². The number of rotatable bonds is 13. The summed E-state index contributed by atoms with van der Waals surface area (Å²) in [5.41, 5.74) is 2.67. The SMILES string of the molecule is CCCN(C(=O)NCc1ccc(F)cc1)N1CC(=O)N([C@H](C)Cc2ccc(O)cc2)[C@@H]1CN(C=O)Cc1cccc2ccccc12. The van der Waals surface area contributed by atoms with E-state index in [0.29, 0.717) is 25.9 Å². The Morgan fingerprint density at radius 3 is 2.43 bits per heavy atom. The molecule has 0 spiro atoms. The molecule has 0 unspecified atom stereocenters. The number of amides is 4. The van der Waals surface area contributed by atoms with Crippen LogP contribution < -0.4 is 5.32 Å². The molecule has 9 nitrogen and oxygen atoms in total. The van der Waals surface area contributed by atoms with E-state index in [1.165, 1.54) is 12.1 Å². The number of hydrazine groups is 1. The van der Waals surface area contributed by atoms with Gasteiger partial charge in [0.15, 0.2) is 0 Å². The van der Waals surface area contributed by atoms with Crippen LogP contribution >= 0.6 is 0 Å². The first-order valence-corrected chi connectivity index (χ1v) is 15.6. The molecule has 1 heterocycles. The molecule has 5 rings (SSSR count). The molecule has 0 bridgehead atoms. The predicted octanol–water partition coefficient (Wildman–Crippen LogP) is 5.28. The van der Waals surface area contributed by atoms with Crippen molar-refractivity contribution in [2.24, 2.45) is 0 Å². The van der Waals surface area contributed by atoms with E-state index >= 15 is 0 Å². The van der Waals surface area contributed by atoms with E-state index in [9.17, 15) is 23.9 Å². The van der Waals surface area contributed by atoms with Gasteiger partial charge in [-0.1, -0.05) is 73.7 Å². The van der Waals surface area contributed by atoms with Crippen molar-refractivity contribution < 1.29 is 23.9 Å². The minimum Gasteiger partial charge on any atom is -0.508 e. The van der Waals surface area contributed by atoms with Crippen LogP contribution in [0.1, 0.15) is 37.0 Å². The van der Waals surface area contributed by atoms with E-state index in [4.69, 9.17) is 0 Å². The third-order valence-electron chi connectivity index (χ3n) is 8.33. The van der Waals surface area contributed by atoms with Crippen molar-refractivity contribution in [2.45, 2.75) is 52.0 Å². The Balaban J connectivity index is 1.42. The zero-order chi connectivity index (χ0) is 32.6. The minimum absolute atomic E-state index is 0.0322. The van der Waals surface area contributed by atoms with Crippen LogP contribution in [-0.2, 0) is 29.1 Å². The number of nitrogens with one attached hydrogen (secondary N) is 1. The number of nitrogens with zero attached hydrogens (tertiary/aromatic N) is 4. The molecule has 2 N–H and O–H groups in total. The Labute approximate surface area is 268 Å². The number of urea groups is 1. The summed E-state index contributed by atoms with van der Waals surface area (Å²) in [7, 11) is 0. The molecule has 1 aliphatic heterocycles. The predicted molar refractivity (Wildman–Crippen MR) is 175 cm³/mol. The minimum atomic E-state index is -0.622. The summed E-state index contributed by atoms with van der Waals surface area (Å²) < 4.78 is 13.4. The maximum absolute atomic E-state index is 13.8. The number of phenols is 1. The fourth-order valence-electron chi connectivity index (χ4n) is 6.11. The van der Waals surface area contributed by atoms with E-state index in [1.54, 1.807) is 44.1 Å². The summed E-state index contributed by atoms with van der Waals surface area (Å²) in [6.07, 6.45) is 1.33. The number of benzene rings is 4. The van der Waals surface area contributed by atoms with Gasteiger partial charge in [0.25, 0.3) is 0 Å². The Bertz CT molecular complexity index is 1640. The first kappa shape index (κ1) is 32.4. The summed E-state index contributed by atoms with van der Waals surface area (Å²) >= 11 is 0. The van der Waals surface area contributed by atoms with Gasteiger partial charge in [-0.3, -0.25) is 14.6 Å². The van der Waals surface area contributed by atoms with Crippen molar-refractivity contribution in [1.29, 1.82) is 0 Å². The molecule has 4 aromatic carbocycles.